The minimum absolute atomic E-state index is 0.0743. The zero-order valence-corrected chi connectivity index (χ0v) is 25.3. The van der Waals surface area contributed by atoms with Gasteiger partial charge >= 0.3 is 0 Å². The first-order valence-corrected chi connectivity index (χ1v) is 18.3. The van der Waals surface area contributed by atoms with Crippen LogP contribution in [-0.4, -0.2) is 55.0 Å². The summed E-state index contributed by atoms with van der Waals surface area (Å²) in [7, 11) is -4.06. The van der Waals surface area contributed by atoms with E-state index in [-0.39, 0.29) is 22.3 Å². The summed E-state index contributed by atoms with van der Waals surface area (Å²) in [5, 5.41) is 0.180. The normalized spacial score (nSPS) is 24.3. The molecule has 0 aliphatic carbocycles. The lowest BCUT2D eigenvalue weighted by molar-refractivity contribution is -0.110. The lowest BCUT2D eigenvalue weighted by Crippen LogP contribution is -2.48. The van der Waals surface area contributed by atoms with Crippen LogP contribution in [0, 0.1) is 0 Å². The number of fused-ring (bicyclic) bond motifs is 1. The SMILES string of the molecule is C=CC[C@@]1(n2cnc3c(N)ncnc32)C[C@H](O[Si](C)(C)C(C)(C)C)[C@@H](CO[Si](C)(C)C(C)(C)C)O1. The lowest BCUT2D eigenvalue weighted by atomic mass is 10.0. The van der Waals surface area contributed by atoms with Gasteiger partial charge in [0.05, 0.1) is 19.0 Å². The van der Waals surface area contributed by atoms with Gasteiger partial charge in [-0.25, -0.2) is 15.0 Å². The zero-order valence-electron chi connectivity index (χ0n) is 23.3. The molecule has 3 heterocycles. The van der Waals surface area contributed by atoms with Crippen LogP contribution in [0.2, 0.25) is 36.3 Å². The van der Waals surface area contributed by atoms with Gasteiger partial charge in [0.2, 0.25) is 0 Å². The molecule has 0 bridgehead atoms. The molecule has 0 radical (unpaired) electrons. The topological polar surface area (TPSA) is 97.3 Å². The number of imidazole rings is 1. The van der Waals surface area contributed by atoms with E-state index in [4.69, 9.17) is 19.3 Å². The molecule has 0 saturated carbocycles. The summed E-state index contributed by atoms with van der Waals surface area (Å²) >= 11 is 0. The van der Waals surface area contributed by atoms with Gasteiger partial charge in [-0.1, -0.05) is 47.6 Å². The zero-order chi connectivity index (χ0) is 26.4. The summed E-state index contributed by atoms with van der Waals surface area (Å²) in [4.78, 5) is 13.1. The molecule has 3 atom stereocenters. The van der Waals surface area contributed by atoms with Gasteiger partial charge in [-0.2, -0.15) is 0 Å². The number of ether oxygens (including phenoxy) is 1. The monoisotopic (exact) mass is 519 g/mol. The number of hydrogen-bond donors (Lipinski definition) is 1. The Labute approximate surface area is 212 Å². The molecular formula is C25H45N5O3Si2. The van der Waals surface area contributed by atoms with Crippen LogP contribution in [0.4, 0.5) is 5.82 Å². The van der Waals surface area contributed by atoms with E-state index in [1.54, 1.807) is 6.33 Å². The van der Waals surface area contributed by atoms with E-state index in [0.717, 1.165) is 0 Å². The minimum Gasteiger partial charge on any atom is -0.414 e. The fourth-order valence-corrected chi connectivity index (χ4v) is 6.29. The highest BCUT2D eigenvalue weighted by molar-refractivity contribution is 6.74. The molecule has 8 nitrogen and oxygen atoms in total. The summed E-state index contributed by atoms with van der Waals surface area (Å²) in [6.07, 6.45) is 5.97. The minimum atomic E-state index is -2.08. The van der Waals surface area contributed by atoms with Crippen LogP contribution < -0.4 is 5.73 Å². The number of nitrogens with zero attached hydrogens (tertiary/aromatic N) is 4. The van der Waals surface area contributed by atoms with Gasteiger partial charge in [0, 0.05) is 12.8 Å². The average molecular weight is 520 g/mol. The van der Waals surface area contributed by atoms with Crippen LogP contribution in [0.25, 0.3) is 11.2 Å². The Morgan fingerprint density at radius 3 is 2.31 bits per heavy atom. The van der Waals surface area contributed by atoms with E-state index in [9.17, 15) is 0 Å². The maximum Gasteiger partial charge on any atom is 0.192 e. The van der Waals surface area contributed by atoms with Crippen LogP contribution in [0.3, 0.4) is 0 Å². The summed E-state index contributed by atoms with van der Waals surface area (Å²) in [5.41, 5.74) is 6.56. The Morgan fingerprint density at radius 2 is 1.74 bits per heavy atom. The molecule has 35 heavy (non-hydrogen) atoms. The van der Waals surface area contributed by atoms with Gasteiger partial charge in [-0.3, -0.25) is 4.57 Å². The molecule has 2 aromatic rings. The van der Waals surface area contributed by atoms with Crippen molar-refractivity contribution in [3.63, 3.8) is 0 Å². The van der Waals surface area contributed by atoms with Crippen molar-refractivity contribution >= 4 is 33.6 Å². The van der Waals surface area contributed by atoms with Crippen molar-refractivity contribution in [2.45, 2.75) is 109 Å². The predicted molar refractivity (Wildman–Crippen MR) is 147 cm³/mol. The molecule has 1 saturated heterocycles. The fourth-order valence-electron chi connectivity index (χ4n) is 3.93. The van der Waals surface area contributed by atoms with Gasteiger partial charge in [-0.05, 0) is 36.3 Å². The molecule has 1 aliphatic rings. The Balaban J connectivity index is 2.03. The number of rotatable bonds is 8. The van der Waals surface area contributed by atoms with E-state index in [1.165, 1.54) is 6.33 Å². The molecule has 1 aliphatic heterocycles. The number of aromatic nitrogens is 4. The maximum absolute atomic E-state index is 6.99. The smallest absolute Gasteiger partial charge is 0.192 e. The first kappa shape index (κ1) is 28.0. The predicted octanol–water partition coefficient (Wildman–Crippen LogP) is 5.84. The number of nitrogens with two attached hydrogens (primary N) is 1. The Bertz CT molecular complexity index is 1060. The molecular weight excluding hydrogens is 474 g/mol. The third kappa shape index (κ3) is 5.41. The quantitative estimate of drug-likeness (QED) is 0.346. The second kappa shape index (κ2) is 9.37. The number of nitrogen functional groups attached to an aromatic ring is 1. The molecule has 2 N–H and O–H groups in total. The summed E-state index contributed by atoms with van der Waals surface area (Å²) in [6, 6.07) is 0. The van der Waals surface area contributed by atoms with E-state index >= 15 is 0 Å². The van der Waals surface area contributed by atoms with Crippen molar-refractivity contribution in [3.05, 3.63) is 25.3 Å². The first-order valence-electron chi connectivity index (χ1n) is 12.5. The van der Waals surface area contributed by atoms with Crippen molar-refractivity contribution in [3.8, 4) is 0 Å². The second-order valence-electron chi connectivity index (χ2n) is 12.8. The summed E-state index contributed by atoms with van der Waals surface area (Å²) in [5.74, 6) is 0.354. The Hall–Kier alpha value is -1.60. The van der Waals surface area contributed by atoms with E-state index in [2.05, 4.69) is 89.3 Å². The average Bonchev–Trinajstić information content (AvgIpc) is 3.28. The van der Waals surface area contributed by atoms with Gasteiger partial charge in [0.25, 0.3) is 0 Å². The van der Waals surface area contributed by atoms with Crippen LogP contribution >= 0.6 is 0 Å². The van der Waals surface area contributed by atoms with Crippen molar-refractivity contribution in [2.24, 2.45) is 0 Å². The van der Waals surface area contributed by atoms with Crippen molar-refractivity contribution < 1.29 is 13.6 Å². The molecule has 3 rings (SSSR count). The highest BCUT2D eigenvalue weighted by atomic mass is 28.4. The van der Waals surface area contributed by atoms with E-state index < -0.39 is 22.4 Å². The number of hydrogen-bond acceptors (Lipinski definition) is 7. The molecule has 1 fully saturated rings. The first-order chi connectivity index (χ1) is 15.9. The molecule has 0 amide bonds. The largest absolute Gasteiger partial charge is 0.414 e. The number of anilines is 1. The summed E-state index contributed by atoms with van der Waals surface area (Å²) in [6.45, 7) is 27.2. The Morgan fingerprint density at radius 1 is 1.11 bits per heavy atom. The van der Waals surface area contributed by atoms with Crippen LogP contribution in [-0.2, 0) is 19.3 Å². The third-order valence-electron chi connectivity index (χ3n) is 8.24. The molecule has 0 unspecified atom stereocenters. The molecule has 10 heteroatoms. The van der Waals surface area contributed by atoms with Crippen molar-refractivity contribution in [1.82, 2.24) is 19.5 Å². The van der Waals surface area contributed by atoms with Crippen molar-refractivity contribution in [1.29, 1.82) is 0 Å². The lowest BCUT2D eigenvalue weighted by Gasteiger charge is -2.40. The Kier molecular flexibility index (Phi) is 7.49. The fraction of sp³-hybridized carbons (Fsp3) is 0.720. The highest BCUT2D eigenvalue weighted by Crippen LogP contribution is 2.46. The van der Waals surface area contributed by atoms with Crippen LogP contribution in [0.1, 0.15) is 54.4 Å². The molecule has 2 aromatic heterocycles. The van der Waals surface area contributed by atoms with Crippen LogP contribution in [0.15, 0.2) is 25.3 Å². The molecule has 0 spiro atoms. The highest BCUT2D eigenvalue weighted by Gasteiger charge is 2.52. The van der Waals surface area contributed by atoms with Crippen molar-refractivity contribution in [2.75, 3.05) is 12.3 Å². The maximum atomic E-state index is 6.99. The van der Waals surface area contributed by atoms with E-state index in [0.29, 0.717) is 36.4 Å². The molecule has 0 aromatic carbocycles. The standard InChI is InChI=1S/C25H45N5O3Si2/c1-12-13-25(30-17-29-20-21(26)27-16-28-22(20)30)14-18(33-35(10,11)24(5,6)7)19(32-25)15-31-34(8,9)23(2,3)4/h12,16-19H,1,13-15H2,2-11H3,(H2,26,27,28)/t18-,19+,25-/m0/s1. The van der Waals surface area contributed by atoms with Gasteiger partial charge in [-0.15, -0.1) is 6.58 Å². The second-order valence-corrected chi connectivity index (χ2v) is 22.4. The third-order valence-corrected chi connectivity index (χ3v) is 17.2. The molecule has 196 valence electrons. The van der Waals surface area contributed by atoms with Gasteiger partial charge < -0.3 is 19.3 Å². The summed E-state index contributed by atoms with van der Waals surface area (Å²) < 4.78 is 22.5. The van der Waals surface area contributed by atoms with Gasteiger partial charge in [0.1, 0.15) is 17.9 Å². The van der Waals surface area contributed by atoms with E-state index in [1.807, 2.05) is 10.6 Å². The van der Waals surface area contributed by atoms with Crippen LogP contribution in [0.5, 0.6) is 0 Å². The van der Waals surface area contributed by atoms with Gasteiger partial charge in [0.15, 0.2) is 33.8 Å².